The summed E-state index contributed by atoms with van der Waals surface area (Å²) >= 11 is 0. The van der Waals surface area contributed by atoms with Gasteiger partial charge in [-0.3, -0.25) is 4.79 Å². The maximum atomic E-state index is 11.8. The maximum Gasteiger partial charge on any atom is 0.225 e. The molecule has 0 aromatic rings. The van der Waals surface area contributed by atoms with Crippen LogP contribution in [0, 0.1) is 5.92 Å². The van der Waals surface area contributed by atoms with Gasteiger partial charge < -0.3 is 4.90 Å². The van der Waals surface area contributed by atoms with Gasteiger partial charge >= 0.3 is 0 Å². The molecule has 2 heteroatoms. The predicted octanol–water partition coefficient (Wildman–Crippen LogP) is 2.44. The van der Waals surface area contributed by atoms with Gasteiger partial charge in [-0.2, -0.15) is 0 Å². The van der Waals surface area contributed by atoms with Gasteiger partial charge in [0, 0.05) is 19.0 Å². The molecule has 1 unspecified atom stereocenters. The van der Waals surface area contributed by atoms with E-state index in [1.807, 2.05) is 6.92 Å². The summed E-state index contributed by atoms with van der Waals surface area (Å²) in [7, 11) is 0. The molecule has 1 rings (SSSR count). The lowest BCUT2D eigenvalue weighted by Gasteiger charge is -2.23. The Balaban J connectivity index is 2.43. The fourth-order valence-corrected chi connectivity index (χ4v) is 1.78. The minimum Gasteiger partial charge on any atom is -0.342 e. The number of carbonyl (C=O) groups excluding carboxylic acids is 1. The quantitative estimate of drug-likeness (QED) is 0.644. The number of nitrogens with zero attached hydrogens (tertiary/aromatic N) is 1. The molecule has 1 heterocycles. The highest BCUT2D eigenvalue weighted by atomic mass is 16.2. The van der Waals surface area contributed by atoms with Crippen molar-refractivity contribution in [2.75, 3.05) is 13.1 Å². The zero-order valence-electron chi connectivity index (χ0n) is 8.88. The summed E-state index contributed by atoms with van der Waals surface area (Å²) in [6, 6.07) is 0. The highest BCUT2D eigenvalue weighted by Crippen LogP contribution is 2.13. The van der Waals surface area contributed by atoms with Gasteiger partial charge in [0.25, 0.3) is 0 Å². The van der Waals surface area contributed by atoms with Gasteiger partial charge in [-0.05, 0) is 19.3 Å². The number of hydrogen-bond donors (Lipinski definition) is 0. The molecule has 0 saturated carbocycles. The minimum atomic E-state index is 0.220. The van der Waals surface area contributed by atoms with Crippen molar-refractivity contribution >= 4 is 5.91 Å². The zero-order valence-corrected chi connectivity index (χ0v) is 8.88. The van der Waals surface area contributed by atoms with E-state index in [-0.39, 0.29) is 5.92 Å². The van der Waals surface area contributed by atoms with Crippen molar-refractivity contribution in [2.45, 2.75) is 46.0 Å². The van der Waals surface area contributed by atoms with Crippen LogP contribution in [0.3, 0.4) is 0 Å². The fourth-order valence-electron chi connectivity index (χ4n) is 1.78. The molecular weight excluding hydrogens is 162 g/mol. The van der Waals surface area contributed by atoms with Crippen molar-refractivity contribution in [3.8, 4) is 0 Å². The second kappa shape index (κ2) is 5.25. The standard InChI is InChI=1S/C11H21NO/c1-3-10(2)11(13)12-8-6-4-5-7-9-12/h10H,3-9H2,1-2H3. The van der Waals surface area contributed by atoms with Crippen molar-refractivity contribution in [3.63, 3.8) is 0 Å². The van der Waals surface area contributed by atoms with E-state index in [1.54, 1.807) is 0 Å². The van der Waals surface area contributed by atoms with Crippen LogP contribution < -0.4 is 0 Å². The topological polar surface area (TPSA) is 20.3 Å². The first-order valence-electron chi connectivity index (χ1n) is 5.54. The highest BCUT2D eigenvalue weighted by molar-refractivity contribution is 5.78. The molecule has 2 nitrogen and oxygen atoms in total. The van der Waals surface area contributed by atoms with Gasteiger partial charge in [0.15, 0.2) is 0 Å². The monoisotopic (exact) mass is 183 g/mol. The van der Waals surface area contributed by atoms with E-state index in [4.69, 9.17) is 0 Å². The Morgan fingerprint density at radius 1 is 1.23 bits per heavy atom. The van der Waals surface area contributed by atoms with E-state index in [0.29, 0.717) is 5.91 Å². The summed E-state index contributed by atoms with van der Waals surface area (Å²) in [5.41, 5.74) is 0. The van der Waals surface area contributed by atoms with Crippen LogP contribution in [0.2, 0.25) is 0 Å². The Kier molecular flexibility index (Phi) is 4.26. The van der Waals surface area contributed by atoms with E-state index in [1.165, 1.54) is 25.7 Å². The number of amides is 1. The second-order valence-electron chi connectivity index (χ2n) is 4.05. The average Bonchev–Trinajstić information content (AvgIpc) is 2.43. The lowest BCUT2D eigenvalue weighted by molar-refractivity contribution is -0.135. The van der Waals surface area contributed by atoms with Crippen LogP contribution in [0.15, 0.2) is 0 Å². The first-order valence-corrected chi connectivity index (χ1v) is 5.54. The number of rotatable bonds is 2. The Labute approximate surface area is 81.3 Å². The van der Waals surface area contributed by atoms with Crippen molar-refractivity contribution in [1.29, 1.82) is 0 Å². The summed E-state index contributed by atoms with van der Waals surface area (Å²) < 4.78 is 0. The third-order valence-electron chi connectivity index (χ3n) is 2.95. The first kappa shape index (κ1) is 10.6. The van der Waals surface area contributed by atoms with E-state index in [9.17, 15) is 4.79 Å². The van der Waals surface area contributed by atoms with Crippen LogP contribution in [0.1, 0.15) is 46.0 Å². The van der Waals surface area contributed by atoms with Crippen molar-refractivity contribution in [3.05, 3.63) is 0 Å². The largest absolute Gasteiger partial charge is 0.342 e. The van der Waals surface area contributed by atoms with Crippen LogP contribution in [0.4, 0.5) is 0 Å². The van der Waals surface area contributed by atoms with Crippen LogP contribution >= 0.6 is 0 Å². The van der Waals surface area contributed by atoms with Crippen LogP contribution in [0.5, 0.6) is 0 Å². The van der Waals surface area contributed by atoms with Crippen LogP contribution in [-0.2, 0) is 4.79 Å². The van der Waals surface area contributed by atoms with Gasteiger partial charge in [-0.1, -0.05) is 26.7 Å². The highest BCUT2D eigenvalue weighted by Gasteiger charge is 2.19. The van der Waals surface area contributed by atoms with Crippen molar-refractivity contribution < 1.29 is 4.79 Å². The van der Waals surface area contributed by atoms with E-state index in [2.05, 4.69) is 11.8 Å². The number of likely N-dealkylation sites (tertiary alicyclic amines) is 1. The zero-order chi connectivity index (χ0) is 9.68. The smallest absolute Gasteiger partial charge is 0.225 e. The molecule has 76 valence electrons. The summed E-state index contributed by atoms with van der Waals surface area (Å²) in [5, 5.41) is 0. The van der Waals surface area contributed by atoms with E-state index in [0.717, 1.165) is 19.5 Å². The normalized spacial score (nSPS) is 20.9. The second-order valence-corrected chi connectivity index (χ2v) is 4.05. The summed E-state index contributed by atoms with van der Waals surface area (Å²) in [4.78, 5) is 13.9. The summed E-state index contributed by atoms with van der Waals surface area (Å²) in [6.45, 7) is 6.10. The molecule has 0 spiro atoms. The molecule has 0 aromatic carbocycles. The third kappa shape index (κ3) is 3.02. The molecular formula is C11H21NO. The molecule has 1 aliphatic rings. The van der Waals surface area contributed by atoms with Crippen LogP contribution in [-0.4, -0.2) is 23.9 Å². The molecule has 0 aliphatic carbocycles. The number of hydrogen-bond acceptors (Lipinski definition) is 1. The molecule has 0 N–H and O–H groups in total. The molecule has 1 aliphatic heterocycles. The Morgan fingerprint density at radius 3 is 2.23 bits per heavy atom. The molecule has 13 heavy (non-hydrogen) atoms. The SMILES string of the molecule is CCC(C)C(=O)N1CCCCCC1. The molecule has 1 saturated heterocycles. The molecule has 0 bridgehead atoms. The van der Waals surface area contributed by atoms with Gasteiger partial charge in [-0.15, -0.1) is 0 Å². The van der Waals surface area contributed by atoms with E-state index < -0.39 is 0 Å². The maximum absolute atomic E-state index is 11.8. The molecule has 0 aromatic heterocycles. The lowest BCUT2D eigenvalue weighted by Crippen LogP contribution is -2.35. The minimum absolute atomic E-state index is 0.220. The molecule has 1 atom stereocenters. The molecule has 1 fully saturated rings. The Bertz CT molecular complexity index is 159. The molecule has 1 amide bonds. The van der Waals surface area contributed by atoms with Crippen molar-refractivity contribution in [2.24, 2.45) is 5.92 Å². The average molecular weight is 183 g/mol. The fraction of sp³-hybridized carbons (Fsp3) is 0.909. The van der Waals surface area contributed by atoms with E-state index >= 15 is 0 Å². The number of carbonyl (C=O) groups is 1. The van der Waals surface area contributed by atoms with Crippen molar-refractivity contribution in [1.82, 2.24) is 4.90 Å². The summed E-state index contributed by atoms with van der Waals surface area (Å²) in [6.07, 6.45) is 5.95. The Hall–Kier alpha value is -0.530. The van der Waals surface area contributed by atoms with Crippen LogP contribution in [0.25, 0.3) is 0 Å². The van der Waals surface area contributed by atoms with Gasteiger partial charge in [0.1, 0.15) is 0 Å². The lowest BCUT2D eigenvalue weighted by atomic mass is 10.1. The van der Waals surface area contributed by atoms with Gasteiger partial charge in [0.2, 0.25) is 5.91 Å². The van der Waals surface area contributed by atoms with Gasteiger partial charge in [0.05, 0.1) is 0 Å². The summed E-state index contributed by atoms with van der Waals surface area (Å²) in [5.74, 6) is 0.586. The van der Waals surface area contributed by atoms with Gasteiger partial charge in [-0.25, -0.2) is 0 Å². The first-order chi connectivity index (χ1) is 6.25. The third-order valence-corrected chi connectivity index (χ3v) is 2.95. The predicted molar refractivity (Wildman–Crippen MR) is 54.5 cm³/mol. The molecule has 0 radical (unpaired) electrons. The Morgan fingerprint density at radius 2 is 1.77 bits per heavy atom.